The van der Waals surface area contributed by atoms with Crippen molar-refractivity contribution < 1.29 is 9.53 Å². The summed E-state index contributed by atoms with van der Waals surface area (Å²) in [5.41, 5.74) is 0.153. The third-order valence-corrected chi connectivity index (χ3v) is 3.77. The van der Waals surface area contributed by atoms with Crippen LogP contribution in [0, 0.1) is 0 Å². The highest BCUT2D eigenvalue weighted by atomic mass is 16.5. The Bertz CT molecular complexity index is 498. The van der Waals surface area contributed by atoms with Crippen LogP contribution in [0.2, 0.25) is 0 Å². The molecule has 0 unspecified atom stereocenters. The summed E-state index contributed by atoms with van der Waals surface area (Å²) in [6.45, 7) is 1.49. The van der Waals surface area contributed by atoms with Gasteiger partial charge in [-0.05, 0) is 38.2 Å². The van der Waals surface area contributed by atoms with E-state index in [0.29, 0.717) is 5.69 Å². The molecule has 1 aromatic rings. The van der Waals surface area contributed by atoms with Crippen molar-refractivity contribution in [3.05, 3.63) is 34.2 Å². The molecule has 1 amide bonds. The molecule has 0 aliphatic carbocycles. The van der Waals surface area contributed by atoms with E-state index in [1.165, 1.54) is 6.07 Å². The molecule has 1 aromatic heterocycles. The van der Waals surface area contributed by atoms with Gasteiger partial charge in [0.05, 0.1) is 0 Å². The van der Waals surface area contributed by atoms with Crippen LogP contribution < -0.4 is 5.56 Å². The first kappa shape index (κ1) is 14.8. The molecule has 20 heavy (non-hydrogen) atoms. The molecule has 1 fully saturated rings. The molecule has 1 atom stereocenters. The molecule has 1 aliphatic heterocycles. The van der Waals surface area contributed by atoms with Crippen molar-refractivity contribution in [1.82, 2.24) is 9.88 Å². The van der Waals surface area contributed by atoms with Gasteiger partial charge >= 0.3 is 0 Å². The summed E-state index contributed by atoms with van der Waals surface area (Å²) < 4.78 is 5.08. The van der Waals surface area contributed by atoms with Crippen LogP contribution in [0.25, 0.3) is 0 Å². The second-order valence-corrected chi connectivity index (χ2v) is 5.21. The van der Waals surface area contributed by atoms with E-state index in [0.717, 1.165) is 45.3 Å². The van der Waals surface area contributed by atoms with Crippen molar-refractivity contribution in [3.8, 4) is 0 Å². The molecular weight excluding hydrogens is 256 g/mol. The van der Waals surface area contributed by atoms with E-state index < -0.39 is 0 Å². The first-order valence-electron chi connectivity index (χ1n) is 7.21. The van der Waals surface area contributed by atoms with E-state index in [2.05, 4.69) is 4.98 Å². The first-order chi connectivity index (χ1) is 9.72. The monoisotopic (exact) mass is 278 g/mol. The third kappa shape index (κ3) is 3.70. The molecule has 1 aliphatic rings. The Morgan fingerprint density at radius 3 is 3.05 bits per heavy atom. The number of nitrogens with one attached hydrogen (secondary N) is 1. The highest BCUT2D eigenvalue weighted by molar-refractivity contribution is 5.92. The van der Waals surface area contributed by atoms with E-state index in [-0.39, 0.29) is 17.5 Å². The summed E-state index contributed by atoms with van der Waals surface area (Å²) in [6, 6.07) is 4.97. The molecule has 5 heteroatoms. The van der Waals surface area contributed by atoms with Gasteiger partial charge in [0.1, 0.15) is 5.69 Å². The molecule has 1 saturated heterocycles. The van der Waals surface area contributed by atoms with Gasteiger partial charge in [0.2, 0.25) is 5.56 Å². The van der Waals surface area contributed by atoms with Crippen LogP contribution in [-0.2, 0) is 4.74 Å². The van der Waals surface area contributed by atoms with Crippen LogP contribution in [-0.4, -0.2) is 42.1 Å². The van der Waals surface area contributed by atoms with E-state index >= 15 is 0 Å². The number of hydrogen-bond donors (Lipinski definition) is 1. The van der Waals surface area contributed by atoms with Crippen molar-refractivity contribution >= 4 is 5.91 Å². The van der Waals surface area contributed by atoms with Crippen LogP contribution in [0.4, 0.5) is 0 Å². The highest BCUT2D eigenvalue weighted by Crippen LogP contribution is 2.22. The lowest BCUT2D eigenvalue weighted by molar-refractivity contribution is 0.0579. The Kier molecular flexibility index (Phi) is 5.35. The third-order valence-electron chi connectivity index (χ3n) is 3.77. The van der Waals surface area contributed by atoms with E-state index in [9.17, 15) is 9.59 Å². The van der Waals surface area contributed by atoms with Gasteiger partial charge in [0.25, 0.3) is 5.91 Å². The molecule has 0 aromatic carbocycles. The minimum atomic E-state index is -0.233. The van der Waals surface area contributed by atoms with Gasteiger partial charge in [-0.25, -0.2) is 0 Å². The predicted octanol–water partition coefficient (Wildman–Crippen LogP) is 1.80. The fourth-order valence-corrected chi connectivity index (χ4v) is 2.76. The fourth-order valence-electron chi connectivity index (χ4n) is 2.76. The molecule has 0 spiro atoms. The SMILES string of the molecule is COCCC[C@H]1CCCCN1C(=O)c1cccc(=O)[nH]1. The summed E-state index contributed by atoms with van der Waals surface area (Å²) in [4.78, 5) is 28.4. The number of H-pyrrole nitrogens is 1. The smallest absolute Gasteiger partial charge is 0.270 e. The van der Waals surface area contributed by atoms with Gasteiger partial charge in [-0.3, -0.25) is 9.59 Å². The normalized spacial score (nSPS) is 19.1. The zero-order valence-electron chi connectivity index (χ0n) is 11.9. The lowest BCUT2D eigenvalue weighted by Gasteiger charge is -2.35. The highest BCUT2D eigenvalue weighted by Gasteiger charge is 2.27. The fraction of sp³-hybridized carbons (Fsp3) is 0.600. The number of likely N-dealkylation sites (tertiary alicyclic amines) is 1. The van der Waals surface area contributed by atoms with Crippen molar-refractivity contribution in [2.45, 2.75) is 38.1 Å². The van der Waals surface area contributed by atoms with Crippen LogP contribution in [0.5, 0.6) is 0 Å². The number of carbonyl (C=O) groups is 1. The van der Waals surface area contributed by atoms with Crippen molar-refractivity contribution in [1.29, 1.82) is 0 Å². The minimum Gasteiger partial charge on any atom is -0.385 e. The number of ether oxygens (including phenoxy) is 1. The van der Waals surface area contributed by atoms with Crippen LogP contribution in [0.3, 0.4) is 0 Å². The van der Waals surface area contributed by atoms with Crippen molar-refractivity contribution in [2.24, 2.45) is 0 Å². The predicted molar refractivity (Wildman–Crippen MR) is 76.8 cm³/mol. The standard InChI is InChI=1S/C15H22N2O3/c1-20-11-5-7-12-6-2-3-10-17(12)15(19)13-8-4-9-14(18)16-13/h4,8-9,12H,2-3,5-7,10-11H2,1H3,(H,16,18)/t12-/m1/s1. The average molecular weight is 278 g/mol. The average Bonchev–Trinajstić information content (AvgIpc) is 2.47. The van der Waals surface area contributed by atoms with Crippen LogP contribution in [0.1, 0.15) is 42.6 Å². The second-order valence-electron chi connectivity index (χ2n) is 5.21. The van der Waals surface area contributed by atoms with Gasteiger partial charge in [-0.2, -0.15) is 0 Å². The minimum absolute atomic E-state index is 0.0650. The number of amides is 1. The Hall–Kier alpha value is -1.62. The molecule has 0 radical (unpaired) electrons. The van der Waals surface area contributed by atoms with E-state index in [1.807, 2.05) is 4.90 Å². The topological polar surface area (TPSA) is 62.4 Å². The van der Waals surface area contributed by atoms with E-state index in [1.54, 1.807) is 19.2 Å². The number of methoxy groups -OCH3 is 1. The first-order valence-corrected chi connectivity index (χ1v) is 7.21. The Labute approximate surface area is 118 Å². The lowest BCUT2D eigenvalue weighted by Crippen LogP contribution is -2.44. The van der Waals surface area contributed by atoms with Crippen molar-refractivity contribution in [2.75, 3.05) is 20.3 Å². The van der Waals surface area contributed by atoms with E-state index in [4.69, 9.17) is 4.74 Å². The Balaban J connectivity index is 2.07. The molecule has 110 valence electrons. The number of aromatic amines is 1. The number of piperidine rings is 1. The summed E-state index contributed by atoms with van der Waals surface area (Å²) in [5.74, 6) is -0.0650. The molecule has 0 saturated carbocycles. The number of rotatable bonds is 5. The van der Waals surface area contributed by atoms with Gasteiger partial charge in [0.15, 0.2) is 0 Å². The van der Waals surface area contributed by atoms with Gasteiger partial charge in [0, 0.05) is 32.4 Å². The molecule has 1 N–H and O–H groups in total. The molecule has 0 bridgehead atoms. The van der Waals surface area contributed by atoms with Gasteiger partial charge < -0.3 is 14.6 Å². The molecule has 2 heterocycles. The van der Waals surface area contributed by atoms with Gasteiger partial charge in [-0.15, -0.1) is 0 Å². The maximum Gasteiger partial charge on any atom is 0.270 e. The maximum atomic E-state index is 12.5. The number of pyridine rings is 1. The molecule has 2 rings (SSSR count). The summed E-state index contributed by atoms with van der Waals surface area (Å²) >= 11 is 0. The largest absolute Gasteiger partial charge is 0.385 e. The number of aromatic nitrogens is 1. The quantitative estimate of drug-likeness (QED) is 0.835. The second kappa shape index (κ2) is 7.24. The molecular formula is C15H22N2O3. The van der Waals surface area contributed by atoms with Crippen molar-refractivity contribution in [3.63, 3.8) is 0 Å². The zero-order valence-corrected chi connectivity index (χ0v) is 11.9. The zero-order chi connectivity index (χ0) is 14.4. The maximum absolute atomic E-state index is 12.5. The van der Waals surface area contributed by atoms with Gasteiger partial charge in [-0.1, -0.05) is 6.07 Å². The number of carbonyl (C=O) groups excluding carboxylic acids is 1. The lowest BCUT2D eigenvalue weighted by atomic mass is 9.97. The summed E-state index contributed by atoms with van der Waals surface area (Å²) in [6.07, 6.45) is 5.13. The number of hydrogen-bond acceptors (Lipinski definition) is 3. The Morgan fingerprint density at radius 1 is 1.45 bits per heavy atom. The summed E-state index contributed by atoms with van der Waals surface area (Å²) in [7, 11) is 1.69. The summed E-state index contributed by atoms with van der Waals surface area (Å²) in [5, 5.41) is 0. The molecule has 5 nitrogen and oxygen atoms in total. The van der Waals surface area contributed by atoms with Crippen LogP contribution >= 0.6 is 0 Å². The Morgan fingerprint density at radius 2 is 2.30 bits per heavy atom. The number of nitrogens with zero attached hydrogens (tertiary/aromatic N) is 1. The van der Waals surface area contributed by atoms with Crippen LogP contribution in [0.15, 0.2) is 23.0 Å².